The van der Waals surface area contributed by atoms with Crippen LogP contribution in [0, 0.1) is 5.82 Å². The molecular weight excluding hydrogens is 277 g/mol. The van der Waals surface area contributed by atoms with Gasteiger partial charge in [0.15, 0.2) is 0 Å². The molecule has 16 heavy (non-hydrogen) atoms. The number of halogens is 2. The van der Waals surface area contributed by atoms with Crippen LogP contribution in [0.3, 0.4) is 0 Å². The van der Waals surface area contributed by atoms with E-state index in [-0.39, 0.29) is 19.0 Å². The van der Waals surface area contributed by atoms with Crippen molar-refractivity contribution in [2.75, 3.05) is 26.3 Å². The van der Waals surface area contributed by atoms with Gasteiger partial charge in [-0.05, 0) is 18.2 Å². The van der Waals surface area contributed by atoms with Gasteiger partial charge in [0.25, 0.3) is 0 Å². The summed E-state index contributed by atoms with van der Waals surface area (Å²) in [6.07, 6.45) is 0. The molecule has 3 nitrogen and oxygen atoms in total. The summed E-state index contributed by atoms with van der Waals surface area (Å²) in [7, 11) is 0. The third-order valence-corrected chi connectivity index (χ3v) is 2.73. The summed E-state index contributed by atoms with van der Waals surface area (Å²) in [5, 5.41) is 17.7. The van der Waals surface area contributed by atoms with E-state index in [1.807, 2.05) is 0 Å². The summed E-state index contributed by atoms with van der Waals surface area (Å²) in [4.78, 5) is 1.80. The molecule has 0 bridgehead atoms. The van der Waals surface area contributed by atoms with Crippen LogP contribution in [0.4, 0.5) is 4.39 Å². The Morgan fingerprint density at radius 3 is 2.38 bits per heavy atom. The zero-order valence-electron chi connectivity index (χ0n) is 8.87. The smallest absolute Gasteiger partial charge is 0.127 e. The molecule has 0 unspecified atom stereocenters. The van der Waals surface area contributed by atoms with Gasteiger partial charge in [-0.2, -0.15) is 0 Å². The number of rotatable bonds is 6. The highest BCUT2D eigenvalue weighted by atomic mass is 79.9. The van der Waals surface area contributed by atoms with Gasteiger partial charge in [-0.15, -0.1) is 0 Å². The molecule has 0 amide bonds. The SMILES string of the molecule is OCCN(CCO)Cc1cc(Br)ccc1F. The van der Waals surface area contributed by atoms with Gasteiger partial charge in [0.1, 0.15) is 5.82 Å². The Hall–Kier alpha value is -0.490. The van der Waals surface area contributed by atoms with Crippen LogP contribution >= 0.6 is 15.9 Å². The van der Waals surface area contributed by atoms with E-state index in [2.05, 4.69) is 15.9 Å². The van der Waals surface area contributed by atoms with Gasteiger partial charge in [0, 0.05) is 29.7 Å². The van der Waals surface area contributed by atoms with Crippen molar-refractivity contribution in [1.29, 1.82) is 0 Å². The molecule has 90 valence electrons. The van der Waals surface area contributed by atoms with Crippen LogP contribution in [-0.4, -0.2) is 41.4 Å². The summed E-state index contributed by atoms with van der Waals surface area (Å²) in [5.74, 6) is -0.274. The first-order valence-electron chi connectivity index (χ1n) is 5.05. The fourth-order valence-electron chi connectivity index (χ4n) is 1.46. The molecular formula is C11H15BrFNO2. The predicted molar refractivity (Wildman–Crippen MR) is 63.5 cm³/mol. The highest BCUT2D eigenvalue weighted by Crippen LogP contribution is 2.17. The second-order valence-electron chi connectivity index (χ2n) is 3.46. The number of nitrogens with zero attached hydrogens (tertiary/aromatic N) is 1. The molecule has 0 aliphatic carbocycles. The molecule has 2 N–H and O–H groups in total. The van der Waals surface area contributed by atoms with Gasteiger partial charge >= 0.3 is 0 Å². The minimum absolute atomic E-state index is 0.00434. The Labute approximate surface area is 103 Å². The van der Waals surface area contributed by atoms with Crippen LogP contribution in [0.15, 0.2) is 22.7 Å². The standard InChI is InChI=1S/C11H15BrFNO2/c12-10-1-2-11(13)9(7-10)8-14(3-5-15)4-6-16/h1-2,7,15-16H,3-6,8H2. The minimum atomic E-state index is -0.274. The summed E-state index contributed by atoms with van der Waals surface area (Å²) < 4.78 is 14.3. The molecule has 0 spiro atoms. The summed E-state index contributed by atoms with van der Waals surface area (Å²) in [6.45, 7) is 1.22. The van der Waals surface area contributed by atoms with Crippen LogP contribution in [0.1, 0.15) is 5.56 Å². The number of benzene rings is 1. The fourth-order valence-corrected chi connectivity index (χ4v) is 1.87. The highest BCUT2D eigenvalue weighted by molar-refractivity contribution is 9.10. The van der Waals surface area contributed by atoms with Gasteiger partial charge in [0.2, 0.25) is 0 Å². The molecule has 0 aliphatic rings. The van der Waals surface area contributed by atoms with E-state index in [0.29, 0.717) is 25.2 Å². The molecule has 0 heterocycles. The number of hydrogen-bond donors (Lipinski definition) is 2. The molecule has 1 rings (SSSR count). The summed E-state index contributed by atoms with van der Waals surface area (Å²) in [5.41, 5.74) is 0.552. The van der Waals surface area contributed by atoms with E-state index in [0.717, 1.165) is 4.47 Å². The Bertz CT molecular complexity index is 330. The Balaban J connectivity index is 2.71. The lowest BCUT2D eigenvalue weighted by molar-refractivity contribution is 0.154. The van der Waals surface area contributed by atoms with Gasteiger partial charge in [0.05, 0.1) is 13.2 Å². The molecule has 5 heteroatoms. The fraction of sp³-hybridized carbons (Fsp3) is 0.455. The zero-order valence-corrected chi connectivity index (χ0v) is 10.5. The molecule has 1 aromatic carbocycles. The Morgan fingerprint density at radius 2 is 1.81 bits per heavy atom. The van der Waals surface area contributed by atoms with Crippen molar-refractivity contribution < 1.29 is 14.6 Å². The van der Waals surface area contributed by atoms with E-state index in [1.165, 1.54) is 6.07 Å². The molecule has 0 atom stereocenters. The highest BCUT2D eigenvalue weighted by Gasteiger charge is 2.09. The van der Waals surface area contributed by atoms with Crippen molar-refractivity contribution in [1.82, 2.24) is 4.90 Å². The second kappa shape index (κ2) is 6.96. The minimum Gasteiger partial charge on any atom is -0.395 e. The lowest BCUT2D eigenvalue weighted by Crippen LogP contribution is -2.29. The van der Waals surface area contributed by atoms with Crippen molar-refractivity contribution in [2.45, 2.75) is 6.54 Å². The largest absolute Gasteiger partial charge is 0.395 e. The van der Waals surface area contributed by atoms with Gasteiger partial charge in [-0.25, -0.2) is 4.39 Å². The molecule has 0 aromatic heterocycles. The summed E-state index contributed by atoms with van der Waals surface area (Å²) in [6, 6.07) is 4.74. The van der Waals surface area contributed by atoms with Crippen LogP contribution < -0.4 is 0 Å². The molecule has 0 radical (unpaired) electrons. The van der Waals surface area contributed by atoms with E-state index in [1.54, 1.807) is 17.0 Å². The first-order valence-corrected chi connectivity index (χ1v) is 5.84. The lowest BCUT2D eigenvalue weighted by atomic mass is 10.2. The van der Waals surface area contributed by atoms with E-state index in [9.17, 15) is 4.39 Å². The first-order chi connectivity index (χ1) is 7.67. The molecule has 0 fully saturated rings. The van der Waals surface area contributed by atoms with Gasteiger partial charge in [-0.1, -0.05) is 15.9 Å². The normalized spacial score (nSPS) is 11.1. The van der Waals surface area contributed by atoms with Gasteiger partial charge in [-0.3, -0.25) is 4.90 Å². The average Bonchev–Trinajstić information content (AvgIpc) is 2.24. The monoisotopic (exact) mass is 291 g/mol. The van der Waals surface area contributed by atoms with Crippen molar-refractivity contribution in [3.05, 3.63) is 34.1 Å². The Kier molecular flexibility index (Phi) is 5.90. The van der Waals surface area contributed by atoms with E-state index in [4.69, 9.17) is 10.2 Å². The first kappa shape index (κ1) is 13.6. The lowest BCUT2D eigenvalue weighted by Gasteiger charge is -2.20. The van der Waals surface area contributed by atoms with Crippen LogP contribution in [0.5, 0.6) is 0 Å². The van der Waals surface area contributed by atoms with Crippen molar-refractivity contribution in [2.24, 2.45) is 0 Å². The second-order valence-corrected chi connectivity index (χ2v) is 4.37. The number of aliphatic hydroxyl groups excluding tert-OH is 2. The van der Waals surface area contributed by atoms with Crippen LogP contribution in [0.2, 0.25) is 0 Å². The third kappa shape index (κ3) is 4.17. The molecule has 1 aromatic rings. The molecule has 0 aliphatic heterocycles. The number of aliphatic hydroxyl groups is 2. The summed E-state index contributed by atoms with van der Waals surface area (Å²) >= 11 is 3.28. The third-order valence-electron chi connectivity index (χ3n) is 2.23. The zero-order chi connectivity index (χ0) is 12.0. The average molecular weight is 292 g/mol. The quantitative estimate of drug-likeness (QED) is 0.832. The van der Waals surface area contributed by atoms with Gasteiger partial charge < -0.3 is 10.2 Å². The van der Waals surface area contributed by atoms with Crippen molar-refractivity contribution in [3.8, 4) is 0 Å². The van der Waals surface area contributed by atoms with Crippen molar-refractivity contribution in [3.63, 3.8) is 0 Å². The predicted octanol–water partition coefficient (Wildman–Crippen LogP) is 1.37. The van der Waals surface area contributed by atoms with E-state index >= 15 is 0 Å². The van der Waals surface area contributed by atoms with E-state index < -0.39 is 0 Å². The van der Waals surface area contributed by atoms with Crippen LogP contribution in [0.25, 0.3) is 0 Å². The number of hydrogen-bond acceptors (Lipinski definition) is 3. The molecule has 0 saturated heterocycles. The van der Waals surface area contributed by atoms with Crippen LogP contribution in [-0.2, 0) is 6.54 Å². The maximum Gasteiger partial charge on any atom is 0.127 e. The van der Waals surface area contributed by atoms with Crippen molar-refractivity contribution >= 4 is 15.9 Å². The maximum absolute atomic E-state index is 13.4. The Morgan fingerprint density at radius 1 is 1.19 bits per heavy atom. The maximum atomic E-state index is 13.4. The molecule has 0 saturated carbocycles. The topological polar surface area (TPSA) is 43.7 Å².